The molecule has 0 fully saturated rings. The van der Waals surface area contributed by atoms with Crippen LogP contribution in [0, 0.1) is 13.8 Å². The third-order valence-corrected chi connectivity index (χ3v) is 3.82. The number of rotatable bonds is 6. The lowest BCUT2D eigenvalue weighted by Gasteiger charge is -2.02. The molecule has 1 amide bonds. The fourth-order valence-electron chi connectivity index (χ4n) is 2.66. The number of aryl methyl sites for hydroxylation is 1. The molecule has 1 aromatic carbocycles. The molecule has 2 rings (SSSR count). The number of nitrogens with one attached hydrogen (secondary N) is 2. The zero-order valence-electron chi connectivity index (χ0n) is 15.3. The third-order valence-electron chi connectivity index (χ3n) is 3.82. The summed E-state index contributed by atoms with van der Waals surface area (Å²) in [6.45, 7) is 6.92. The molecule has 0 unspecified atom stereocenters. The van der Waals surface area contributed by atoms with Crippen molar-refractivity contribution >= 4 is 29.4 Å². The maximum atomic E-state index is 12.5. The predicted octanol–water partition coefficient (Wildman–Crippen LogP) is 3.66. The van der Waals surface area contributed by atoms with Gasteiger partial charge >= 0.3 is 5.97 Å². The second-order valence-corrected chi connectivity index (χ2v) is 5.85. The minimum atomic E-state index is -0.468. The maximum Gasteiger partial charge on any atom is 0.355 e. The summed E-state index contributed by atoms with van der Waals surface area (Å²) in [5, 5.41) is 2.68. The quantitative estimate of drug-likeness (QED) is 0.471. The van der Waals surface area contributed by atoms with Crippen molar-refractivity contribution in [2.24, 2.45) is 0 Å². The number of benzene rings is 1. The number of amides is 1. The van der Waals surface area contributed by atoms with Gasteiger partial charge in [-0.15, -0.1) is 0 Å². The van der Waals surface area contributed by atoms with Gasteiger partial charge in [-0.3, -0.25) is 9.59 Å². The van der Waals surface area contributed by atoms with E-state index in [1.807, 2.05) is 0 Å². The molecule has 1 aromatic heterocycles. The first-order valence-electron chi connectivity index (χ1n) is 8.29. The molecule has 0 aliphatic heterocycles. The third kappa shape index (κ3) is 4.47. The Kier molecular flexibility index (Phi) is 6.11. The number of allylic oxidation sites excluding steroid dienone is 1. The summed E-state index contributed by atoms with van der Waals surface area (Å²) in [5.41, 5.74) is 3.50. The van der Waals surface area contributed by atoms with Crippen molar-refractivity contribution in [3.63, 3.8) is 0 Å². The predicted molar refractivity (Wildman–Crippen MR) is 100 cm³/mol. The van der Waals surface area contributed by atoms with Crippen LogP contribution in [0.15, 0.2) is 30.3 Å². The molecule has 0 saturated carbocycles. The normalized spacial score (nSPS) is 10.8. The van der Waals surface area contributed by atoms with Gasteiger partial charge in [0.25, 0.3) is 0 Å². The average Bonchev–Trinajstić information content (AvgIpc) is 2.88. The second-order valence-electron chi connectivity index (χ2n) is 5.85. The van der Waals surface area contributed by atoms with E-state index in [1.54, 1.807) is 51.1 Å². The Labute approximate surface area is 152 Å². The van der Waals surface area contributed by atoms with Gasteiger partial charge in [0.2, 0.25) is 5.91 Å². The molecule has 0 saturated heterocycles. The summed E-state index contributed by atoms with van der Waals surface area (Å²) >= 11 is 0. The lowest BCUT2D eigenvalue weighted by molar-refractivity contribution is -0.114. The van der Waals surface area contributed by atoms with E-state index < -0.39 is 5.97 Å². The summed E-state index contributed by atoms with van der Waals surface area (Å²) in [5.74, 6) is -0.804. The van der Waals surface area contributed by atoms with Crippen molar-refractivity contribution < 1.29 is 19.1 Å². The van der Waals surface area contributed by atoms with Gasteiger partial charge in [-0.2, -0.15) is 0 Å². The van der Waals surface area contributed by atoms with E-state index in [0.29, 0.717) is 28.2 Å². The van der Waals surface area contributed by atoms with Crippen molar-refractivity contribution in [1.29, 1.82) is 0 Å². The fraction of sp³-hybridized carbons (Fsp3) is 0.250. The summed E-state index contributed by atoms with van der Waals surface area (Å²) in [6, 6.07) is 7.13. The molecule has 26 heavy (non-hydrogen) atoms. The lowest BCUT2D eigenvalue weighted by atomic mass is 10.0. The number of aromatic nitrogens is 1. The van der Waals surface area contributed by atoms with Crippen molar-refractivity contribution in [2.45, 2.75) is 27.7 Å². The van der Waals surface area contributed by atoms with E-state index in [-0.39, 0.29) is 18.3 Å². The van der Waals surface area contributed by atoms with Crippen LogP contribution in [0.1, 0.15) is 51.5 Å². The molecule has 6 heteroatoms. The first-order valence-corrected chi connectivity index (χ1v) is 8.29. The smallest absolute Gasteiger partial charge is 0.355 e. The number of hydrogen-bond donors (Lipinski definition) is 2. The van der Waals surface area contributed by atoms with Crippen LogP contribution in [0.2, 0.25) is 0 Å². The van der Waals surface area contributed by atoms with Crippen LogP contribution < -0.4 is 5.32 Å². The first-order chi connectivity index (χ1) is 12.3. The fourth-order valence-corrected chi connectivity index (χ4v) is 2.66. The summed E-state index contributed by atoms with van der Waals surface area (Å²) in [6.07, 6.45) is 3.15. The average molecular weight is 354 g/mol. The molecular weight excluding hydrogens is 332 g/mol. The molecule has 1 heterocycles. The Balaban J connectivity index is 2.18. The Morgan fingerprint density at radius 3 is 2.38 bits per heavy atom. The van der Waals surface area contributed by atoms with Crippen LogP contribution in [-0.4, -0.2) is 29.3 Å². The number of H-pyrrole nitrogens is 1. The van der Waals surface area contributed by atoms with E-state index in [9.17, 15) is 14.4 Å². The Hall–Kier alpha value is -3.15. The van der Waals surface area contributed by atoms with Crippen molar-refractivity contribution in [3.8, 4) is 0 Å². The standard InChI is InChI=1S/C20H22N2O4/c1-5-26-20(25)19-12(2)18(13(3)21-19)17(24)11-8-15-6-9-16(10-7-15)22-14(4)23/h6-11,21H,5H2,1-4H3,(H,22,23)/b11-8+. The van der Waals surface area contributed by atoms with Gasteiger partial charge in [0.05, 0.1) is 6.61 Å². The minimum absolute atomic E-state index is 0.140. The lowest BCUT2D eigenvalue weighted by Crippen LogP contribution is -2.07. The van der Waals surface area contributed by atoms with Crippen molar-refractivity contribution in [2.75, 3.05) is 11.9 Å². The van der Waals surface area contributed by atoms with Gasteiger partial charge in [0.15, 0.2) is 5.78 Å². The first kappa shape index (κ1) is 19.2. The number of hydrogen-bond acceptors (Lipinski definition) is 4. The van der Waals surface area contributed by atoms with Crippen LogP contribution in [-0.2, 0) is 9.53 Å². The molecule has 0 radical (unpaired) electrons. The monoisotopic (exact) mass is 354 g/mol. The highest BCUT2D eigenvalue weighted by atomic mass is 16.5. The Morgan fingerprint density at radius 2 is 1.81 bits per heavy atom. The van der Waals surface area contributed by atoms with Crippen LogP contribution in [0.5, 0.6) is 0 Å². The minimum Gasteiger partial charge on any atom is -0.461 e. The van der Waals surface area contributed by atoms with Gasteiger partial charge in [0.1, 0.15) is 5.69 Å². The van der Waals surface area contributed by atoms with Gasteiger partial charge in [-0.05, 0) is 50.1 Å². The molecule has 0 spiro atoms. The van der Waals surface area contributed by atoms with Crippen molar-refractivity contribution in [3.05, 3.63) is 58.4 Å². The number of carbonyl (C=O) groups is 3. The molecule has 2 N–H and O–H groups in total. The van der Waals surface area contributed by atoms with Gasteiger partial charge in [-0.1, -0.05) is 18.2 Å². The summed E-state index contributed by atoms with van der Waals surface area (Å²) in [7, 11) is 0. The highest BCUT2D eigenvalue weighted by Crippen LogP contribution is 2.20. The SMILES string of the molecule is CCOC(=O)c1[nH]c(C)c(C(=O)/C=C/c2ccc(NC(C)=O)cc2)c1C. The van der Waals surface area contributed by atoms with Crippen LogP contribution in [0.3, 0.4) is 0 Å². The molecule has 6 nitrogen and oxygen atoms in total. The number of esters is 1. The van der Waals surface area contributed by atoms with Gasteiger partial charge in [0, 0.05) is 23.9 Å². The zero-order valence-corrected chi connectivity index (χ0v) is 15.3. The van der Waals surface area contributed by atoms with Crippen LogP contribution in [0.25, 0.3) is 6.08 Å². The Bertz CT molecular complexity index is 861. The number of aromatic amines is 1. The van der Waals surface area contributed by atoms with E-state index in [4.69, 9.17) is 4.74 Å². The maximum absolute atomic E-state index is 12.5. The van der Waals surface area contributed by atoms with Gasteiger partial charge < -0.3 is 15.0 Å². The van der Waals surface area contributed by atoms with Crippen molar-refractivity contribution in [1.82, 2.24) is 4.98 Å². The molecule has 2 aromatic rings. The molecule has 0 bridgehead atoms. The van der Waals surface area contributed by atoms with Crippen LogP contribution >= 0.6 is 0 Å². The Morgan fingerprint density at radius 1 is 1.15 bits per heavy atom. The number of ether oxygens (including phenoxy) is 1. The summed E-state index contributed by atoms with van der Waals surface area (Å²) in [4.78, 5) is 38.4. The van der Waals surface area contributed by atoms with E-state index in [0.717, 1.165) is 5.56 Å². The highest BCUT2D eigenvalue weighted by molar-refractivity contribution is 6.10. The molecule has 136 valence electrons. The number of anilines is 1. The molecular formula is C20H22N2O4. The topological polar surface area (TPSA) is 88.3 Å². The molecule has 0 aliphatic rings. The second kappa shape index (κ2) is 8.29. The highest BCUT2D eigenvalue weighted by Gasteiger charge is 2.21. The molecule has 0 aliphatic carbocycles. The molecule has 0 atom stereocenters. The summed E-state index contributed by atoms with van der Waals surface area (Å²) < 4.78 is 5.00. The van der Waals surface area contributed by atoms with Crippen LogP contribution in [0.4, 0.5) is 5.69 Å². The van der Waals surface area contributed by atoms with E-state index >= 15 is 0 Å². The zero-order chi connectivity index (χ0) is 19.3. The van der Waals surface area contributed by atoms with Gasteiger partial charge in [-0.25, -0.2) is 4.79 Å². The van der Waals surface area contributed by atoms with E-state index in [2.05, 4.69) is 10.3 Å². The number of carbonyl (C=O) groups excluding carboxylic acids is 3. The van der Waals surface area contributed by atoms with E-state index in [1.165, 1.54) is 13.0 Å². The largest absolute Gasteiger partial charge is 0.461 e. The number of ketones is 1.